The van der Waals surface area contributed by atoms with E-state index >= 15 is 0 Å². The predicted octanol–water partition coefficient (Wildman–Crippen LogP) is 5.43. The Labute approximate surface area is 122 Å². The summed E-state index contributed by atoms with van der Waals surface area (Å²) in [7, 11) is 0. The highest BCUT2D eigenvalue weighted by Gasteiger charge is 2.04. The molecular formula is C15H9Br2N. The summed E-state index contributed by atoms with van der Waals surface area (Å²) in [6.45, 7) is 0. The fraction of sp³-hybridized carbons (Fsp3) is 0. The Bertz CT molecular complexity index is 723. The van der Waals surface area contributed by atoms with E-state index in [2.05, 4.69) is 55.0 Å². The Morgan fingerprint density at radius 1 is 0.889 bits per heavy atom. The molecule has 2 aromatic carbocycles. The molecular weight excluding hydrogens is 354 g/mol. The highest BCUT2D eigenvalue weighted by atomic mass is 79.9. The molecule has 0 saturated carbocycles. The highest BCUT2D eigenvalue weighted by molar-refractivity contribution is 9.10. The van der Waals surface area contributed by atoms with E-state index in [0.717, 1.165) is 31.0 Å². The number of hydrogen-bond acceptors (Lipinski definition) is 1. The van der Waals surface area contributed by atoms with E-state index < -0.39 is 0 Å². The van der Waals surface area contributed by atoms with Crippen LogP contribution in [0, 0.1) is 0 Å². The molecule has 0 saturated heterocycles. The summed E-state index contributed by atoms with van der Waals surface area (Å²) < 4.78 is 2.15. The molecule has 0 amide bonds. The van der Waals surface area contributed by atoms with Crippen LogP contribution < -0.4 is 0 Å². The average Bonchev–Trinajstić information content (AvgIpc) is 2.38. The third kappa shape index (κ3) is 2.20. The van der Waals surface area contributed by atoms with Crippen LogP contribution in [0.3, 0.4) is 0 Å². The molecule has 0 aliphatic carbocycles. The fourth-order valence-corrected chi connectivity index (χ4v) is 2.84. The Morgan fingerprint density at radius 3 is 2.56 bits per heavy atom. The van der Waals surface area contributed by atoms with Crippen molar-refractivity contribution < 1.29 is 0 Å². The summed E-state index contributed by atoms with van der Waals surface area (Å²) in [6.07, 6.45) is 1.91. The molecule has 3 aromatic rings. The molecule has 0 unspecified atom stereocenters. The Kier molecular flexibility index (Phi) is 3.18. The van der Waals surface area contributed by atoms with E-state index in [4.69, 9.17) is 0 Å². The average molecular weight is 363 g/mol. The first-order valence-corrected chi connectivity index (χ1v) is 7.13. The summed E-state index contributed by atoms with van der Waals surface area (Å²) in [5.41, 5.74) is 3.29. The van der Waals surface area contributed by atoms with Crippen molar-refractivity contribution in [3.8, 4) is 11.1 Å². The molecule has 0 N–H and O–H groups in total. The van der Waals surface area contributed by atoms with Crippen LogP contribution in [0.25, 0.3) is 22.0 Å². The number of hydrogen-bond donors (Lipinski definition) is 0. The van der Waals surface area contributed by atoms with Gasteiger partial charge in [-0.2, -0.15) is 0 Å². The van der Waals surface area contributed by atoms with Crippen LogP contribution >= 0.6 is 31.9 Å². The number of nitrogens with zero attached hydrogens (tertiary/aromatic N) is 1. The minimum Gasteiger partial charge on any atom is -0.256 e. The van der Waals surface area contributed by atoms with Crippen LogP contribution in [0.1, 0.15) is 0 Å². The zero-order chi connectivity index (χ0) is 12.5. The van der Waals surface area contributed by atoms with Gasteiger partial charge in [0.1, 0.15) is 0 Å². The molecule has 0 fully saturated rings. The number of aromatic nitrogens is 1. The maximum Gasteiger partial charge on any atom is 0.0703 e. The van der Waals surface area contributed by atoms with E-state index in [0.29, 0.717) is 0 Å². The Balaban J connectivity index is 2.22. The van der Waals surface area contributed by atoms with Gasteiger partial charge < -0.3 is 0 Å². The Hall–Kier alpha value is -1.19. The molecule has 3 rings (SSSR count). The van der Waals surface area contributed by atoms with E-state index in [-0.39, 0.29) is 0 Å². The van der Waals surface area contributed by atoms with Gasteiger partial charge >= 0.3 is 0 Å². The van der Waals surface area contributed by atoms with Crippen molar-refractivity contribution in [3.63, 3.8) is 0 Å². The molecule has 0 radical (unpaired) electrons. The van der Waals surface area contributed by atoms with Crippen LogP contribution in [0.2, 0.25) is 0 Å². The van der Waals surface area contributed by atoms with Gasteiger partial charge in [0.2, 0.25) is 0 Å². The lowest BCUT2D eigenvalue weighted by Crippen LogP contribution is -1.84. The number of pyridine rings is 1. The van der Waals surface area contributed by atoms with Crippen molar-refractivity contribution in [1.29, 1.82) is 0 Å². The molecule has 18 heavy (non-hydrogen) atoms. The summed E-state index contributed by atoms with van der Waals surface area (Å²) in [5.74, 6) is 0. The second-order valence-corrected chi connectivity index (χ2v) is 5.81. The van der Waals surface area contributed by atoms with E-state index in [9.17, 15) is 0 Å². The SMILES string of the molecule is Brc1ccc2ncc(-c3ccccc3Br)cc2c1. The summed E-state index contributed by atoms with van der Waals surface area (Å²) >= 11 is 7.07. The van der Waals surface area contributed by atoms with Gasteiger partial charge in [-0.05, 0) is 35.9 Å². The van der Waals surface area contributed by atoms with E-state index in [1.54, 1.807) is 0 Å². The monoisotopic (exact) mass is 361 g/mol. The zero-order valence-corrected chi connectivity index (χ0v) is 12.6. The second-order valence-electron chi connectivity index (χ2n) is 4.04. The Morgan fingerprint density at radius 2 is 1.72 bits per heavy atom. The van der Waals surface area contributed by atoms with Gasteiger partial charge in [-0.25, -0.2) is 0 Å². The minimum absolute atomic E-state index is 1.01. The lowest BCUT2D eigenvalue weighted by atomic mass is 10.1. The second kappa shape index (κ2) is 4.82. The lowest BCUT2D eigenvalue weighted by Gasteiger charge is -2.06. The van der Waals surface area contributed by atoms with Gasteiger partial charge in [0.05, 0.1) is 5.52 Å². The van der Waals surface area contributed by atoms with Gasteiger partial charge in [0, 0.05) is 26.1 Å². The largest absolute Gasteiger partial charge is 0.256 e. The molecule has 0 atom stereocenters. The van der Waals surface area contributed by atoms with Crippen molar-refractivity contribution in [2.24, 2.45) is 0 Å². The summed E-state index contributed by atoms with van der Waals surface area (Å²) in [6, 6.07) is 16.4. The molecule has 0 bridgehead atoms. The number of fused-ring (bicyclic) bond motifs is 1. The van der Waals surface area contributed by atoms with Crippen molar-refractivity contribution in [2.75, 3.05) is 0 Å². The fourth-order valence-electron chi connectivity index (χ4n) is 1.95. The molecule has 88 valence electrons. The normalized spacial score (nSPS) is 10.8. The molecule has 1 heterocycles. The third-order valence-electron chi connectivity index (χ3n) is 2.83. The number of rotatable bonds is 1. The number of halogens is 2. The molecule has 0 spiro atoms. The zero-order valence-electron chi connectivity index (χ0n) is 9.40. The van der Waals surface area contributed by atoms with Crippen LogP contribution in [0.4, 0.5) is 0 Å². The topological polar surface area (TPSA) is 12.9 Å². The molecule has 1 nitrogen and oxygen atoms in total. The molecule has 1 aromatic heterocycles. The minimum atomic E-state index is 1.01. The molecule has 0 aliphatic heterocycles. The first-order valence-electron chi connectivity index (χ1n) is 5.54. The van der Waals surface area contributed by atoms with Gasteiger partial charge in [0.25, 0.3) is 0 Å². The van der Waals surface area contributed by atoms with Crippen LogP contribution in [-0.2, 0) is 0 Å². The standard InChI is InChI=1S/C15H9Br2N/c16-12-5-6-15-10(8-12)7-11(9-18-15)13-3-1-2-4-14(13)17/h1-9H. The first kappa shape index (κ1) is 11.9. The van der Waals surface area contributed by atoms with Crippen LogP contribution in [-0.4, -0.2) is 4.98 Å². The summed E-state index contributed by atoms with van der Waals surface area (Å²) in [5, 5.41) is 1.14. The van der Waals surface area contributed by atoms with Crippen LogP contribution in [0.5, 0.6) is 0 Å². The van der Waals surface area contributed by atoms with E-state index in [1.807, 2.05) is 36.5 Å². The summed E-state index contributed by atoms with van der Waals surface area (Å²) in [4.78, 5) is 4.50. The van der Waals surface area contributed by atoms with Crippen molar-refractivity contribution >= 4 is 42.8 Å². The van der Waals surface area contributed by atoms with Gasteiger partial charge in [0.15, 0.2) is 0 Å². The van der Waals surface area contributed by atoms with Gasteiger partial charge in [-0.15, -0.1) is 0 Å². The number of benzene rings is 2. The lowest BCUT2D eigenvalue weighted by molar-refractivity contribution is 1.40. The smallest absolute Gasteiger partial charge is 0.0703 e. The molecule has 0 aliphatic rings. The van der Waals surface area contributed by atoms with Crippen LogP contribution in [0.15, 0.2) is 63.7 Å². The van der Waals surface area contributed by atoms with Crippen molar-refractivity contribution in [2.45, 2.75) is 0 Å². The third-order valence-corrected chi connectivity index (χ3v) is 4.01. The van der Waals surface area contributed by atoms with Gasteiger partial charge in [-0.3, -0.25) is 4.98 Å². The van der Waals surface area contributed by atoms with Gasteiger partial charge in [-0.1, -0.05) is 50.1 Å². The maximum atomic E-state index is 4.50. The highest BCUT2D eigenvalue weighted by Crippen LogP contribution is 2.29. The van der Waals surface area contributed by atoms with E-state index in [1.165, 1.54) is 0 Å². The maximum absolute atomic E-state index is 4.50. The first-order chi connectivity index (χ1) is 8.74. The van der Waals surface area contributed by atoms with Crippen molar-refractivity contribution in [1.82, 2.24) is 4.98 Å². The predicted molar refractivity (Wildman–Crippen MR) is 82.6 cm³/mol. The quantitative estimate of drug-likeness (QED) is 0.562. The van der Waals surface area contributed by atoms with Crippen molar-refractivity contribution in [3.05, 3.63) is 63.7 Å². The molecule has 3 heteroatoms.